The number of methoxy groups -OCH3 is 2. The van der Waals surface area contributed by atoms with Crippen molar-refractivity contribution in [2.75, 3.05) is 14.2 Å². The summed E-state index contributed by atoms with van der Waals surface area (Å²) in [5, 5.41) is 0. The van der Waals surface area contributed by atoms with E-state index in [1.54, 1.807) is 31.4 Å². The second-order valence-electron chi connectivity index (χ2n) is 2.22. The van der Waals surface area contributed by atoms with Crippen molar-refractivity contribution in [3.8, 4) is 5.75 Å². The van der Waals surface area contributed by atoms with Crippen LogP contribution >= 0.6 is 0 Å². The van der Waals surface area contributed by atoms with Crippen LogP contribution in [0.2, 0.25) is 0 Å². The molecule has 0 saturated heterocycles. The smallest absolute Gasteiger partial charge is 0.337 e. The summed E-state index contributed by atoms with van der Waals surface area (Å²) >= 11 is 0. The van der Waals surface area contributed by atoms with Crippen LogP contribution < -0.4 is 10.9 Å². The van der Waals surface area contributed by atoms with Crippen LogP contribution in [-0.4, -0.2) is 20.2 Å². The zero-order valence-corrected chi connectivity index (χ0v) is 7.74. The van der Waals surface area contributed by atoms with Crippen LogP contribution in [0.15, 0.2) is 24.3 Å². The van der Waals surface area contributed by atoms with Crippen molar-refractivity contribution in [1.82, 2.24) is 6.15 Å². The van der Waals surface area contributed by atoms with Gasteiger partial charge in [-0.1, -0.05) is 0 Å². The molecule has 0 amide bonds. The third-order valence-electron chi connectivity index (χ3n) is 1.51. The molecule has 1 aromatic rings. The van der Waals surface area contributed by atoms with Crippen molar-refractivity contribution in [1.29, 1.82) is 0 Å². The largest absolute Gasteiger partial charge is 0.497 e. The van der Waals surface area contributed by atoms with Crippen molar-refractivity contribution in [2.45, 2.75) is 0 Å². The van der Waals surface area contributed by atoms with E-state index in [1.165, 1.54) is 7.11 Å². The van der Waals surface area contributed by atoms with Gasteiger partial charge in [0.25, 0.3) is 0 Å². The van der Waals surface area contributed by atoms with Gasteiger partial charge < -0.3 is 15.6 Å². The first-order valence-corrected chi connectivity index (χ1v) is 3.50. The van der Waals surface area contributed by atoms with Crippen LogP contribution in [0.1, 0.15) is 10.4 Å². The van der Waals surface area contributed by atoms with E-state index in [0.717, 1.165) is 5.75 Å². The van der Waals surface area contributed by atoms with Gasteiger partial charge in [-0.3, -0.25) is 0 Å². The molecule has 0 heterocycles. The summed E-state index contributed by atoms with van der Waals surface area (Å²) < 4.78 is 9.46. The van der Waals surface area contributed by atoms with Crippen molar-refractivity contribution >= 4 is 5.97 Å². The van der Waals surface area contributed by atoms with Crippen LogP contribution in [0.5, 0.6) is 5.75 Å². The van der Waals surface area contributed by atoms with Crippen molar-refractivity contribution < 1.29 is 14.3 Å². The van der Waals surface area contributed by atoms with Crippen LogP contribution in [0.3, 0.4) is 0 Å². The molecule has 0 aliphatic rings. The molecule has 0 spiro atoms. The maximum absolute atomic E-state index is 11.0. The number of carbonyl (C=O) groups is 1. The summed E-state index contributed by atoms with van der Waals surface area (Å²) in [6.45, 7) is 0. The molecule has 0 aliphatic heterocycles. The van der Waals surface area contributed by atoms with Gasteiger partial charge >= 0.3 is 5.97 Å². The maximum Gasteiger partial charge on any atom is 0.337 e. The third kappa shape index (κ3) is 2.76. The summed E-state index contributed by atoms with van der Waals surface area (Å²) in [4.78, 5) is 11.0. The summed E-state index contributed by atoms with van der Waals surface area (Å²) in [6.07, 6.45) is 0. The standard InChI is InChI=1S/C9H10O3.H3N/c1-11-8-5-3-7(4-6-8)9(10)12-2;/h3-6H,1-2H3;1H3. The Morgan fingerprint density at radius 2 is 1.69 bits per heavy atom. The topological polar surface area (TPSA) is 70.5 Å². The number of hydrogen-bond donors (Lipinski definition) is 1. The quantitative estimate of drug-likeness (QED) is 0.707. The normalized spacial score (nSPS) is 8.46. The van der Waals surface area contributed by atoms with Gasteiger partial charge in [-0.15, -0.1) is 0 Å². The lowest BCUT2D eigenvalue weighted by atomic mass is 10.2. The highest BCUT2D eigenvalue weighted by atomic mass is 16.5. The van der Waals surface area contributed by atoms with E-state index in [1.807, 2.05) is 0 Å². The number of carbonyl (C=O) groups excluding carboxylic acids is 1. The number of benzene rings is 1. The van der Waals surface area contributed by atoms with E-state index in [-0.39, 0.29) is 12.1 Å². The van der Waals surface area contributed by atoms with Gasteiger partial charge in [0.05, 0.1) is 19.8 Å². The van der Waals surface area contributed by atoms with Gasteiger partial charge in [0.2, 0.25) is 0 Å². The van der Waals surface area contributed by atoms with Gasteiger partial charge in [0.15, 0.2) is 0 Å². The molecule has 1 aromatic carbocycles. The molecule has 4 heteroatoms. The first-order chi connectivity index (χ1) is 5.77. The lowest BCUT2D eigenvalue weighted by molar-refractivity contribution is 0.0600. The Labute approximate surface area is 77.1 Å². The summed E-state index contributed by atoms with van der Waals surface area (Å²) in [6, 6.07) is 6.74. The molecule has 3 N–H and O–H groups in total. The predicted octanol–water partition coefficient (Wildman–Crippen LogP) is 1.64. The monoisotopic (exact) mass is 183 g/mol. The van der Waals surface area contributed by atoms with E-state index >= 15 is 0 Å². The molecule has 0 saturated carbocycles. The minimum absolute atomic E-state index is 0. The number of esters is 1. The molecular formula is C9H13NO3. The van der Waals surface area contributed by atoms with E-state index in [4.69, 9.17) is 4.74 Å². The maximum atomic E-state index is 11.0. The summed E-state index contributed by atoms with van der Waals surface area (Å²) in [5.41, 5.74) is 0.526. The van der Waals surface area contributed by atoms with Crippen molar-refractivity contribution in [3.63, 3.8) is 0 Å². The Hall–Kier alpha value is -1.55. The number of rotatable bonds is 2. The first kappa shape index (κ1) is 11.4. The second kappa shape index (κ2) is 5.16. The van der Waals surface area contributed by atoms with Crippen LogP contribution in [0.25, 0.3) is 0 Å². The Balaban J connectivity index is 0.00000144. The molecule has 0 aliphatic carbocycles. The Kier molecular flexibility index (Phi) is 4.54. The molecule has 0 aromatic heterocycles. The molecule has 13 heavy (non-hydrogen) atoms. The van der Waals surface area contributed by atoms with Gasteiger partial charge in [0.1, 0.15) is 5.75 Å². The second-order valence-corrected chi connectivity index (χ2v) is 2.22. The molecule has 72 valence electrons. The van der Waals surface area contributed by atoms with Gasteiger partial charge in [-0.25, -0.2) is 4.79 Å². The lowest BCUT2D eigenvalue weighted by Gasteiger charge is -2.00. The Morgan fingerprint density at radius 3 is 2.08 bits per heavy atom. The highest BCUT2D eigenvalue weighted by Gasteiger charge is 2.03. The fourth-order valence-corrected chi connectivity index (χ4v) is 0.845. The van der Waals surface area contributed by atoms with E-state index in [0.29, 0.717) is 5.56 Å². The zero-order valence-electron chi connectivity index (χ0n) is 7.74. The minimum Gasteiger partial charge on any atom is -0.497 e. The Morgan fingerprint density at radius 1 is 1.15 bits per heavy atom. The lowest BCUT2D eigenvalue weighted by Crippen LogP contribution is -2.00. The summed E-state index contributed by atoms with van der Waals surface area (Å²) in [7, 11) is 2.93. The molecular weight excluding hydrogens is 170 g/mol. The molecule has 0 bridgehead atoms. The first-order valence-electron chi connectivity index (χ1n) is 3.50. The average Bonchev–Trinajstić information content (AvgIpc) is 2.17. The van der Waals surface area contributed by atoms with Gasteiger partial charge in [-0.2, -0.15) is 0 Å². The molecule has 4 nitrogen and oxygen atoms in total. The predicted molar refractivity (Wildman–Crippen MR) is 49.4 cm³/mol. The number of ether oxygens (including phenoxy) is 2. The zero-order chi connectivity index (χ0) is 8.97. The average molecular weight is 183 g/mol. The van der Waals surface area contributed by atoms with Crippen LogP contribution in [-0.2, 0) is 4.74 Å². The van der Waals surface area contributed by atoms with Crippen molar-refractivity contribution in [2.24, 2.45) is 0 Å². The highest BCUT2D eigenvalue weighted by molar-refractivity contribution is 5.89. The summed E-state index contributed by atoms with van der Waals surface area (Å²) in [5.74, 6) is 0.389. The number of hydrogen-bond acceptors (Lipinski definition) is 4. The van der Waals surface area contributed by atoms with Gasteiger partial charge in [0, 0.05) is 0 Å². The fourth-order valence-electron chi connectivity index (χ4n) is 0.845. The van der Waals surface area contributed by atoms with Gasteiger partial charge in [-0.05, 0) is 24.3 Å². The van der Waals surface area contributed by atoms with E-state index < -0.39 is 0 Å². The molecule has 0 unspecified atom stereocenters. The van der Waals surface area contributed by atoms with Crippen LogP contribution in [0.4, 0.5) is 0 Å². The molecule has 0 fully saturated rings. The molecule has 0 radical (unpaired) electrons. The Bertz CT molecular complexity index is 269. The molecule has 1 rings (SSSR count). The minimum atomic E-state index is -0.336. The fraction of sp³-hybridized carbons (Fsp3) is 0.222. The van der Waals surface area contributed by atoms with Crippen molar-refractivity contribution in [3.05, 3.63) is 29.8 Å². The molecule has 0 atom stereocenters. The SMILES string of the molecule is COC(=O)c1ccc(OC)cc1.N. The highest BCUT2D eigenvalue weighted by Crippen LogP contribution is 2.11. The van der Waals surface area contributed by atoms with E-state index in [2.05, 4.69) is 4.74 Å². The third-order valence-corrected chi connectivity index (χ3v) is 1.51. The van der Waals surface area contributed by atoms with E-state index in [9.17, 15) is 4.79 Å². The van der Waals surface area contributed by atoms with Crippen LogP contribution in [0, 0.1) is 0 Å².